The molecule has 0 unspecified atom stereocenters. The topological polar surface area (TPSA) is 128 Å². The van der Waals surface area contributed by atoms with Crippen molar-refractivity contribution < 1.29 is 9.18 Å². The number of anilines is 4. The second kappa shape index (κ2) is 9.65. The van der Waals surface area contributed by atoms with Gasteiger partial charge in [-0.05, 0) is 62.1 Å². The number of hydrogen-bond donors (Lipinski definition) is 4. The van der Waals surface area contributed by atoms with Gasteiger partial charge in [-0.3, -0.25) is 4.79 Å². The first-order valence-corrected chi connectivity index (χ1v) is 12.7. The number of carbonyl (C=O) groups excluding carboxylic acids is 1. The molecule has 0 bridgehead atoms. The number of aromatic nitrogens is 3. The molecule has 3 aromatic rings. The summed E-state index contributed by atoms with van der Waals surface area (Å²) in [7, 11) is 0. The zero-order valence-electron chi connectivity index (χ0n) is 21.9. The Morgan fingerprint density at radius 3 is 2.71 bits per heavy atom. The van der Waals surface area contributed by atoms with Crippen LogP contribution in [0.3, 0.4) is 0 Å². The zero-order chi connectivity index (χ0) is 27.1. The maximum atomic E-state index is 14.5. The highest BCUT2D eigenvalue weighted by atomic mass is 19.1. The number of hydrogen-bond acceptors (Lipinski definition) is 8. The molecule has 0 radical (unpaired) electrons. The highest BCUT2D eigenvalue weighted by Crippen LogP contribution is 2.32. The summed E-state index contributed by atoms with van der Waals surface area (Å²) in [5.41, 5.74) is 2.48. The van der Waals surface area contributed by atoms with Crippen LogP contribution in [0.5, 0.6) is 0 Å². The van der Waals surface area contributed by atoms with Crippen LogP contribution in [0.2, 0.25) is 0 Å². The summed E-state index contributed by atoms with van der Waals surface area (Å²) in [6, 6.07) is 11.1. The monoisotopic (exact) mass is 514 g/mol. The largest absolute Gasteiger partial charge is 0.349 e. The van der Waals surface area contributed by atoms with Crippen LogP contribution < -0.4 is 21.3 Å². The first kappa shape index (κ1) is 25.5. The minimum atomic E-state index is -1.14. The number of amides is 1. The van der Waals surface area contributed by atoms with Crippen molar-refractivity contribution >= 4 is 29.2 Å². The van der Waals surface area contributed by atoms with Gasteiger partial charge in [-0.25, -0.2) is 14.4 Å². The van der Waals surface area contributed by atoms with Crippen molar-refractivity contribution in [1.82, 2.24) is 25.6 Å². The van der Waals surface area contributed by atoms with Gasteiger partial charge < -0.3 is 21.3 Å². The van der Waals surface area contributed by atoms with Gasteiger partial charge in [-0.1, -0.05) is 19.9 Å². The van der Waals surface area contributed by atoms with E-state index in [2.05, 4.69) is 68.3 Å². The second-order valence-corrected chi connectivity index (χ2v) is 11.1. The SMILES string of the molecule is CC(C)(C#N)c1nc(Nc2nc(Nc3ccc4c(c3)CNCC4(C)C)ncc2C(=O)NC2CC2)ccc1F. The zero-order valence-corrected chi connectivity index (χ0v) is 21.9. The molecular formula is C28H31FN8O. The second-order valence-electron chi connectivity index (χ2n) is 11.1. The minimum absolute atomic E-state index is 0.00646. The van der Waals surface area contributed by atoms with Crippen molar-refractivity contribution in [3.05, 3.63) is 64.7 Å². The maximum absolute atomic E-state index is 14.5. The maximum Gasteiger partial charge on any atom is 0.256 e. The van der Waals surface area contributed by atoms with Crippen LogP contribution in [-0.2, 0) is 17.4 Å². The molecule has 196 valence electrons. The van der Waals surface area contributed by atoms with Gasteiger partial charge in [0.2, 0.25) is 5.95 Å². The van der Waals surface area contributed by atoms with Crippen LogP contribution in [0.15, 0.2) is 36.5 Å². The van der Waals surface area contributed by atoms with E-state index in [1.807, 2.05) is 6.07 Å². The third-order valence-corrected chi connectivity index (χ3v) is 6.88. The fraction of sp³-hybridized carbons (Fsp3) is 0.393. The van der Waals surface area contributed by atoms with E-state index >= 15 is 0 Å². The van der Waals surface area contributed by atoms with E-state index in [1.165, 1.54) is 29.5 Å². The average Bonchev–Trinajstić information content (AvgIpc) is 3.69. The van der Waals surface area contributed by atoms with Crippen molar-refractivity contribution in [1.29, 1.82) is 5.26 Å². The van der Waals surface area contributed by atoms with Crippen molar-refractivity contribution in [3.63, 3.8) is 0 Å². The number of nitrogens with zero attached hydrogens (tertiary/aromatic N) is 4. The lowest BCUT2D eigenvalue weighted by atomic mass is 9.79. The first-order valence-electron chi connectivity index (χ1n) is 12.7. The first-order chi connectivity index (χ1) is 18.1. The van der Waals surface area contributed by atoms with Crippen molar-refractivity contribution in [2.75, 3.05) is 17.2 Å². The van der Waals surface area contributed by atoms with Crippen LogP contribution in [0, 0.1) is 17.1 Å². The molecule has 0 saturated heterocycles. The third-order valence-electron chi connectivity index (χ3n) is 6.88. The van der Waals surface area contributed by atoms with E-state index < -0.39 is 11.2 Å². The van der Waals surface area contributed by atoms with Crippen molar-refractivity contribution in [2.24, 2.45) is 0 Å². The third kappa shape index (κ3) is 5.29. The van der Waals surface area contributed by atoms with Crippen LogP contribution in [-0.4, -0.2) is 33.4 Å². The van der Waals surface area contributed by atoms with E-state index in [4.69, 9.17) is 0 Å². The van der Waals surface area contributed by atoms with Gasteiger partial charge in [-0.2, -0.15) is 10.2 Å². The van der Waals surface area contributed by atoms with Crippen molar-refractivity contribution in [3.8, 4) is 6.07 Å². The Morgan fingerprint density at radius 2 is 1.97 bits per heavy atom. The molecule has 1 saturated carbocycles. The summed E-state index contributed by atoms with van der Waals surface area (Å²) in [4.78, 5) is 26.2. The van der Waals surface area contributed by atoms with Crippen LogP contribution in [0.25, 0.3) is 0 Å². The molecule has 1 aliphatic heterocycles. The summed E-state index contributed by atoms with van der Waals surface area (Å²) in [5.74, 6) is -0.108. The molecule has 1 aliphatic carbocycles. The molecule has 1 amide bonds. The van der Waals surface area contributed by atoms with Gasteiger partial charge in [0.25, 0.3) is 5.91 Å². The minimum Gasteiger partial charge on any atom is -0.349 e. The van der Waals surface area contributed by atoms with Gasteiger partial charge in [0, 0.05) is 36.4 Å². The number of pyridine rings is 1. The van der Waals surface area contributed by atoms with Crippen LogP contribution >= 0.6 is 0 Å². The predicted octanol–water partition coefficient (Wildman–Crippen LogP) is 4.57. The number of nitrogens with one attached hydrogen (secondary N) is 4. The normalized spacial score (nSPS) is 16.2. The summed E-state index contributed by atoms with van der Waals surface area (Å²) in [5, 5.41) is 22.2. The molecule has 1 aromatic carbocycles. The number of benzene rings is 1. The van der Waals surface area contributed by atoms with Crippen LogP contribution in [0.1, 0.15) is 67.7 Å². The van der Waals surface area contributed by atoms with E-state index in [-0.39, 0.29) is 46.2 Å². The molecule has 0 spiro atoms. The molecule has 4 N–H and O–H groups in total. The Morgan fingerprint density at radius 1 is 1.18 bits per heavy atom. The molecular weight excluding hydrogens is 483 g/mol. The molecule has 2 aliphatic rings. The molecule has 9 nitrogen and oxygen atoms in total. The highest BCUT2D eigenvalue weighted by molar-refractivity contribution is 5.99. The Hall–Kier alpha value is -4.10. The fourth-order valence-electron chi connectivity index (χ4n) is 4.53. The number of rotatable bonds is 7. The molecule has 38 heavy (non-hydrogen) atoms. The number of fused-ring (bicyclic) bond motifs is 1. The van der Waals surface area contributed by atoms with Crippen LogP contribution in [0.4, 0.5) is 27.7 Å². The summed E-state index contributed by atoms with van der Waals surface area (Å²) < 4.78 is 14.5. The molecule has 10 heteroatoms. The average molecular weight is 515 g/mol. The van der Waals surface area contributed by atoms with Gasteiger partial charge in [0.15, 0.2) is 0 Å². The predicted molar refractivity (Wildman–Crippen MR) is 143 cm³/mol. The fourth-order valence-corrected chi connectivity index (χ4v) is 4.53. The number of halogens is 1. The van der Waals surface area contributed by atoms with Gasteiger partial charge in [-0.15, -0.1) is 0 Å². The molecule has 2 aromatic heterocycles. The summed E-state index contributed by atoms with van der Waals surface area (Å²) in [6.45, 7) is 9.31. The van der Waals surface area contributed by atoms with E-state index in [0.717, 1.165) is 31.6 Å². The Kier molecular flexibility index (Phi) is 6.49. The van der Waals surface area contributed by atoms with E-state index in [9.17, 15) is 14.4 Å². The van der Waals surface area contributed by atoms with E-state index in [0.29, 0.717) is 0 Å². The van der Waals surface area contributed by atoms with E-state index in [1.54, 1.807) is 13.8 Å². The van der Waals surface area contributed by atoms with Crippen molar-refractivity contribution in [2.45, 2.75) is 64.0 Å². The smallest absolute Gasteiger partial charge is 0.256 e. The van der Waals surface area contributed by atoms with Gasteiger partial charge in [0.1, 0.15) is 23.0 Å². The Labute approximate surface area is 221 Å². The molecule has 5 rings (SSSR count). The standard InChI is InChI=1S/C28H31FN8O/c1-27(2,14-30)23-21(29)9-10-22(35-23)36-24-19(25(38)33-17-5-6-17)13-32-26(37-24)34-18-7-8-20-16(11-18)12-31-15-28(20,3)4/h7-11,13,17,31H,5-6,12,15H2,1-4H3,(H,33,38)(H2,32,34,35,36,37). The number of carbonyl (C=O) groups is 1. The summed E-state index contributed by atoms with van der Waals surface area (Å²) >= 11 is 0. The number of nitriles is 1. The lowest BCUT2D eigenvalue weighted by Crippen LogP contribution is -2.38. The molecule has 1 fully saturated rings. The lowest BCUT2D eigenvalue weighted by Gasteiger charge is -2.33. The Bertz CT molecular complexity index is 1440. The quantitative estimate of drug-likeness (QED) is 0.361. The highest BCUT2D eigenvalue weighted by Gasteiger charge is 2.29. The molecule has 3 heterocycles. The van der Waals surface area contributed by atoms with Gasteiger partial charge >= 0.3 is 0 Å². The van der Waals surface area contributed by atoms with Gasteiger partial charge in [0.05, 0.1) is 17.2 Å². The lowest BCUT2D eigenvalue weighted by molar-refractivity contribution is 0.0951. The summed E-state index contributed by atoms with van der Waals surface area (Å²) in [6.07, 6.45) is 3.33. The Balaban J connectivity index is 1.47. The molecule has 0 atom stereocenters.